The van der Waals surface area contributed by atoms with Crippen molar-refractivity contribution in [3.05, 3.63) is 46.5 Å². The summed E-state index contributed by atoms with van der Waals surface area (Å²) in [6.45, 7) is 0.108. The molecule has 1 N–H and O–H groups in total. The number of H-pyrrole nitrogens is 1. The molecular weight excluding hydrogens is 309 g/mol. The molecule has 1 aromatic heterocycles. The first-order valence-corrected chi connectivity index (χ1v) is 7.51. The van der Waals surface area contributed by atoms with Crippen molar-refractivity contribution in [2.45, 2.75) is 11.4 Å². The van der Waals surface area contributed by atoms with Gasteiger partial charge in [0.1, 0.15) is 10.7 Å². The van der Waals surface area contributed by atoms with E-state index in [0.717, 1.165) is 4.31 Å². The number of halogens is 2. The van der Waals surface area contributed by atoms with Crippen LogP contribution in [0.2, 0.25) is 10.0 Å². The third-order valence-electron chi connectivity index (χ3n) is 2.51. The highest BCUT2D eigenvalue weighted by Gasteiger charge is 2.26. The summed E-state index contributed by atoms with van der Waals surface area (Å²) in [5, 5.41) is 0.192. The van der Waals surface area contributed by atoms with Crippen molar-refractivity contribution in [2.24, 2.45) is 0 Å². The number of rotatable bonds is 4. The van der Waals surface area contributed by atoms with E-state index in [1.807, 2.05) is 0 Å². The van der Waals surface area contributed by atoms with Crippen molar-refractivity contribution in [3.8, 4) is 0 Å². The molecule has 0 aliphatic rings. The van der Waals surface area contributed by atoms with Crippen LogP contribution in [0.25, 0.3) is 0 Å². The summed E-state index contributed by atoms with van der Waals surface area (Å²) >= 11 is 11.9. The van der Waals surface area contributed by atoms with E-state index >= 15 is 0 Å². The summed E-state index contributed by atoms with van der Waals surface area (Å²) in [5.74, 6) is 0.536. The van der Waals surface area contributed by atoms with Gasteiger partial charge in [0, 0.05) is 19.4 Å². The number of aromatic nitrogens is 2. The van der Waals surface area contributed by atoms with Crippen LogP contribution in [0, 0.1) is 0 Å². The molecule has 0 saturated heterocycles. The fourth-order valence-electron chi connectivity index (χ4n) is 1.57. The Morgan fingerprint density at radius 1 is 1.32 bits per heavy atom. The monoisotopic (exact) mass is 319 g/mol. The van der Waals surface area contributed by atoms with E-state index in [2.05, 4.69) is 9.97 Å². The molecule has 0 fully saturated rings. The van der Waals surface area contributed by atoms with Gasteiger partial charge in [-0.1, -0.05) is 29.3 Å². The first-order chi connectivity index (χ1) is 8.93. The maximum atomic E-state index is 12.4. The highest BCUT2D eigenvalue weighted by molar-refractivity contribution is 7.89. The van der Waals surface area contributed by atoms with Crippen LogP contribution in [0.1, 0.15) is 5.82 Å². The molecule has 2 aromatic rings. The zero-order valence-corrected chi connectivity index (χ0v) is 12.3. The fraction of sp³-hybridized carbons (Fsp3) is 0.182. The van der Waals surface area contributed by atoms with Crippen LogP contribution in [0.15, 0.2) is 35.5 Å². The second kappa shape index (κ2) is 5.50. The van der Waals surface area contributed by atoms with Crippen LogP contribution in [-0.2, 0) is 16.6 Å². The van der Waals surface area contributed by atoms with Crippen molar-refractivity contribution < 1.29 is 8.42 Å². The minimum absolute atomic E-state index is 0.0904. The van der Waals surface area contributed by atoms with Gasteiger partial charge in [-0.25, -0.2) is 13.4 Å². The second-order valence-electron chi connectivity index (χ2n) is 3.85. The van der Waals surface area contributed by atoms with Crippen molar-refractivity contribution in [3.63, 3.8) is 0 Å². The Labute approximate surface area is 121 Å². The second-order valence-corrected chi connectivity index (χ2v) is 6.64. The summed E-state index contributed by atoms with van der Waals surface area (Å²) in [5.41, 5.74) is 0. The van der Waals surface area contributed by atoms with E-state index in [4.69, 9.17) is 23.2 Å². The van der Waals surface area contributed by atoms with E-state index in [1.165, 1.54) is 19.2 Å². The number of nitrogens with one attached hydrogen (secondary N) is 1. The molecule has 0 bridgehead atoms. The Kier molecular flexibility index (Phi) is 4.15. The maximum Gasteiger partial charge on any atom is 0.246 e. The summed E-state index contributed by atoms with van der Waals surface area (Å²) in [6, 6.07) is 4.57. The van der Waals surface area contributed by atoms with Gasteiger partial charge in [0.05, 0.1) is 16.6 Å². The van der Waals surface area contributed by atoms with Crippen molar-refractivity contribution in [1.29, 1.82) is 0 Å². The van der Waals surface area contributed by atoms with E-state index in [0.29, 0.717) is 5.82 Å². The Bertz CT molecular complexity index is 651. The smallest absolute Gasteiger partial charge is 0.246 e. The predicted molar refractivity (Wildman–Crippen MR) is 73.7 cm³/mol. The van der Waals surface area contributed by atoms with Gasteiger partial charge in [0.15, 0.2) is 0 Å². The molecule has 1 heterocycles. The average Bonchev–Trinajstić information content (AvgIpc) is 2.81. The highest BCUT2D eigenvalue weighted by Crippen LogP contribution is 2.31. The number of hydrogen-bond donors (Lipinski definition) is 1. The van der Waals surface area contributed by atoms with Gasteiger partial charge in [0.2, 0.25) is 10.0 Å². The first kappa shape index (κ1) is 14.3. The lowest BCUT2D eigenvalue weighted by molar-refractivity contribution is 0.458. The molecule has 19 heavy (non-hydrogen) atoms. The number of nitrogens with zero attached hydrogens (tertiary/aromatic N) is 2. The van der Waals surface area contributed by atoms with E-state index in [-0.39, 0.29) is 21.5 Å². The lowest BCUT2D eigenvalue weighted by Crippen LogP contribution is -2.27. The summed E-state index contributed by atoms with van der Waals surface area (Å²) in [6.07, 6.45) is 3.18. The Morgan fingerprint density at radius 2 is 1.95 bits per heavy atom. The topological polar surface area (TPSA) is 66.1 Å². The molecule has 102 valence electrons. The number of hydrogen-bond acceptors (Lipinski definition) is 3. The molecule has 0 aliphatic carbocycles. The van der Waals surface area contributed by atoms with Crippen molar-refractivity contribution in [1.82, 2.24) is 14.3 Å². The molecule has 8 heteroatoms. The number of benzene rings is 1. The van der Waals surface area contributed by atoms with Gasteiger partial charge in [-0.05, 0) is 12.1 Å². The molecule has 1 aromatic carbocycles. The summed E-state index contributed by atoms with van der Waals surface area (Å²) in [4.78, 5) is 6.73. The quantitative estimate of drug-likeness (QED) is 0.941. The van der Waals surface area contributed by atoms with Gasteiger partial charge in [0.25, 0.3) is 0 Å². The highest BCUT2D eigenvalue weighted by atomic mass is 35.5. The average molecular weight is 320 g/mol. The van der Waals surface area contributed by atoms with Crippen LogP contribution < -0.4 is 0 Å². The van der Waals surface area contributed by atoms with Crippen LogP contribution in [0.3, 0.4) is 0 Å². The largest absolute Gasteiger partial charge is 0.347 e. The molecule has 0 atom stereocenters. The standard InChI is InChI=1S/C11H11Cl2N3O2S/c1-16(7-10-14-5-6-15-10)19(17,18)11-8(12)3-2-4-9(11)13/h2-6H,7H2,1H3,(H,14,15). The minimum Gasteiger partial charge on any atom is -0.347 e. The molecular formula is C11H11Cl2N3O2S. The van der Waals surface area contributed by atoms with Crippen LogP contribution in [0.5, 0.6) is 0 Å². The molecule has 0 aliphatic heterocycles. The molecule has 0 amide bonds. The van der Waals surface area contributed by atoms with Crippen LogP contribution >= 0.6 is 23.2 Å². The van der Waals surface area contributed by atoms with Crippen molar-refractivity contribution in [2.75, 3.05) is 7.05 Å². The first-order valence-electron chi connectivity index (χ1n) is 5.31. The third-order valence-corrected chi connectivity index (χ3v) is 5.27. The number of aromatic amines is 1. The molecule has 0 unspecified atom stereocenters. The minimum atomic E-state index is -3.77. The van der Waals surface area contributed by atoms with E-state index in [9.17, 15) is 8.42 Å². The predicted octanol–water partition coefficient (Wildman–Crippen LogP) is 2.54. The van der Waals surface area contributed by atoms with Crippen LogP contribution in [0.4, 0.5) is 0 Å². The Hall–Kier alpha value is -1.08. The lowest BCUT2D eigenvalue weighted by atomic mass is 10.4. The summed E-state index contributed by atoms with van der Waals surface area (Å²) in [7, 11) is -2.32. The molecule has 0 saturated carbocycles. The molecule has 5 nitrogen and oxygen atoms in total. The Morgan fingerprint density at radius 3 is 2.47 bits per heavy atom. The van der Waals surface area contributed by atoms with Crippen molar-refractivity contribution >= 4 is 33.2 Å². The zero-order chi connectivity index (χ0) is 14.0. The van der Waals surface area contributed by atoms with Gasteiger partial charge in [-0.3, -0.25) is 0 Å². The summed E-state index contributed by atoms with van der Waals surface area (Å²) < 4.78 is 26.0. The van der Waals surface area contributed by atoms with Crippen LogP contribution in [-0.4, -0.2) is 29.7 Å². The van der Waals surface area contributed by atoms with Gasteiger partial charge >= 0.3 is 0 Å². The molecule has 0 radical (unpaired) electrons. The van der Waals surface area contributed by atoms with Gasteiger partial charge in [-0.2, -0.15) is 4.31 Å². The SMILES string of the molecule is CN(Cc1ncc[nH]1)S(=O)(=O)c1c(Cl)cccc1Cl. The third kappa shape index (κ3) is 2.92. The maximum absolute atomic E-state index is 12.4. The van der Waals surface area contributed by atoms with E-state index < -0.39 is 10.0 Å². The fourth-order valence-corrected chi connectivity index (χ4v) is 3.78. The lowest BCUT2D eigenvalue weighted by Gasteiger charge is -2.17. The van der Waals surface area contributed by atoms with Gasteiger partial charge in [-0.15, -0.1) is 0 Å². The van der Waals surface area contributed by atoms with E-state index in [1.54, 1.807) is 18.5 Å². The normalized spacial score (nSPS) is 12.0. The number of sulfonamides is 1. The van der Waals surface area contributed by atoms with Gasteiger partial charge < -0.3 is 4.98 Å². The Balaban J connectivity index is 2.37. The number of imidazole rings is 1. The molecule has 2 rings (SSSR count). The zero-order valence-electron chi connectivity index (χ0n) is 9.97. The molecule has 0 spiro atoms.